The normalized spacial score (nSPS) is 13.3. The second kappa shape index (κ2) is 9.03. The molecule has 1 N–H and O–H groups in total. The highest BCUT2D eigenvalue weighted by atomic mass is 16.6. The lowest BCUT2D eigenvalue weighted by Crippen LogP contribution is -2.28. The number of hydrogen-bond donors (Lipinski definition) is 1. The number of carbonyl (C=O) groups excluding carboxylic acids is 2. The first-order valence-corrected chi connectivity index (χ1v) is 9.31. The van der Waals surface area contributed by atoms with E-state index in [4.69, 9.17) is 14.2 Å². The van der Waals surface area contributed by atoms with Crippen molar-refractivity contribution >= 4 is 17.6 Å². The van der Waals surface area contributed by atoms with Gasteiger partial charge in [-0.2, -0.15) is 0 Å². The Morgan fingerprint density at radius 2 is 1.90 bits per heavy atom. The first-order chi connectivity index (χ1) is 14.7. The van der Waals surface area contributed by atoms with Crippen molar-refractivity contribution in [3.05, 3.63) is 60.4 Å². The molecule has 1 amide bonds. The second-order valence-corrected chi connectivity index (χ2v) is 6.51. The highest BCUT2D eigenvalue weighted by Gasteiger charge is 2.25. The predicted octanol–water partition coefficient (Wildman–Crippen LogP) is 1.41. The van der Waals surface area contributed by atoms with Crippen LogP contribution in [0.2, 0.25) is 0 Å². The summed E-state index contributed by atoms with van der Waals surface area (Å²) in [5.74, 6) is 0.0900. The van der Waals surface area contributed by atoms with Crippen LogP contribution in [-0.4, -0.2) is 51.9 Å². The molecule has 0 aliphatic carbocycles. The molecule has 1 aromatic heterocycles. The molecule has 0 radical (unpaired) electrons. The summed E-state index contributed by atoms with van der Waals surface area (Å²) in [6.07, 6.45) is 1.67. The van der Waals surface area contributed by atoms with Crippen molar-refractivity contribution in [2.24, 2.45) is 0 Å². The number of benzene rings is 2. The van der Waals surface area contributed by atoms with Crippen molar-refractivity contribution in [2.45, 2.75) is 12.5 Å². The number of anilines is 1. The Labute approximate surface area is 171 Å². The topological polar surface area (TPSA) is 117 Å². The Balaban J connectivity index is 1.36. The maximum absolute atomic E-state index is 12.6. The summed E-state index contributed by atoms with van der Waals surface area (Å²) < 4.78 is 17.5. The standard InChI is InChI=1S/C20H19N5O5/c26-19(22-15-6-7-17-18(11-15)29-9-8-28-17)12-30-20(27)16(25-13-21-23-24-25)10-14-4-2-1-3-5-14/h1-7,11,13,16H,8-10,12H2,(H,22,26)/t16-/m1/s1. The highest BCUT2D eigenvalue weighted by molar-refractivity contribution is 5.93. The maximum Gasteiger partial charge on any atom is 0.331 e. The average molecular weight is 409 g/mol. The molecule has 0 saturated heterocycles. The van der Waals surface area contributed by atoms with Crippen molar-refractivity contribution in [2.75, 3.05) is 25.1 Å². The van der Waals surface area contributed by atoms with Crippen molar-refractivity contribution in [3.8, 4) is 11.5 Å². The van der Waals surface area contributed by atoms with Crippen LogP contribution in [0, 0.1) is 0 Å². The first-order valence-electron chi connectivity index (χ1n) is 9.31. The first kappa shape index (κ1) is 19.4. The lowest BCUT2D eigenvalue weighted by atomic mass is 10.1. The fourth-order valence-corrected chi connectivity index (χ4v) is 2.98. The van der Waals surface area contributed by atoms with E-state index in [-0.39, 0.29) is 0 Å². The van der Waals surface area contributed by atoms with Gasteiger partial charge in [0.05, 0.1) is 0 Å². The minimum Gasteiger partial charge on any atom is -0.486 e. The van der Waals surface area contributed by atoms with Gasteiger partial charge in [0.15, 0.2) is 24.1 Å². The largest absolute Gasteiger partial charge is 0.486 e. The van der Waals surface area contributed by atoms with E-state index in [1.54, 1.807) is 18.2 Å². The van der Waals surface area contributed by atoms with E-state index < -0.39 is 24.5 Å². The zero-order valence-corrected chi connectivity index (χ0v) is 15.9. The summed E-state index contributed by atoms with van der Waals surface area (Å²) in [7, 11) is 0. The molecule has 2 heterocycles. The number of carbonyl (C=O) groups is 2. The monoisotopic (exact) mass is 409 g/mol. The third kappa shape index (κ3) is 4.72. The Morgan fingerprint density at radius 1 is 1.10 bits per heavy atom. The van der Waals surface area contributed by atoms with E-state index in [1.165, 1.54) is 11.0 Å². The van der Waals surface area contributed by atoms with Gasteiger partial charge in [-0.15, -0.1) is 5.10 Å². The van der Waals surface area contributed by atoms with E-state index in [9.17, 15) is 9.59 Å². The SMILES string of the molecule is O=C(COC(=O)[C@@H](Cc1ccccc1)n1cnnn1)Nc1ccc2c(c1)OCCO2. The predicted molar refractivity (Wildman–Crippen MR) is 104 cm³/mol. The van der Waals surface area contributed by atoms with Crippen LogP contribution in [0.5, 0.6) is 11.5 Å². The van der Waals surface area contributed by atoms with Crippen LogP contribution in [0.4, 0.5) is 5.69 Å². The summed E-state index contributed by atoms with van der Waals surface area (Å²) in [6.45, 7) is 0.489. The van der Waals surface area contributed by atoms with Gasteiger partial charge in [0.1, 0.15) is 19.5 Å². The Bertz CT molecular complexity index is 1010. The fourth-order valence-electron chi connectivity index (χ4n) is 2.98. The fraction of sp³-hybridized carbons (Fsp3) is 0.250. The summed E-state index contributed by atoms with van der Waals surface area (Å²) >= 11 is 0. The molecular formula is C20H19N5O5. The number of hydrogen-bond acceptors (Lipinski definition) is 8. The number of aromatic nitrogens is 4. The molecule has 1 aliphatic rings. The highest BCUT2D eigenvalue weighted by Crippen LogP contribution is 2.32. The molecule has 4 rings (SSSR count). The third-order valence-corrected chi connectivity index (χ3v) is 4.40. The number of rotatable bonds is 7. The maximum atomic E-state index is 12.6. The van der Waals surface area contributed by atoms with E-state index in [0.717, 1.165) is 5.56 Å². The molecular weight excluding hydrogens is 390 g/mol. The van der Waals surface area contributed by atoms with E-state index >= 15 is 0 Å². The minimum absolute atomic E-state index is 0.328. The Kier molecular flexibility index (Phi) is 5.83. The molecule has 0 unspecified atom stereocenters. The van der Waals surface area contributed by atoms with Crippen LogP contribution in [0.15, 0.2) is 54.9 Å². The van der Waals surface area contributed by atoms with Crippen molar-refractivity contribution < 1.29 is 23.8 Å². The summed E-state index contributed by atoms with van der Waals surface area (Å²) in [5.41, 5.74) is 1.43. The smallest absolute Gasteiger partial charge is 0.331 e. The molecule has 0 saturated carbocycles. The van der Waals surface area contributed by atoms with Crippen molar-refractivity contribution in [1.29, 1.82) is 0 Å². The zero-order chi connectivity index (χ0) is 20.8. The summed E-state index contributed by atoms with van der Waals surface area (Å²) in [4.78, 5) is 24.9. The van der Waals surface area contributed by atoms with Gasteiger partial charge in [-0.3, -0.25) is 4.79 Å². The molecule has 154 valence electrons. The number of nitrogens with one attached hydrogen (secondary N) is 1. The van der Waals surface area contributed by atoms with E-state index in [2.05, 4.69) is 20.8 Å². The van der Waals surface area contributed by atoms with E-state index in [0.29, 0.717) is 36.8 Å². The van der Waals surface area contributed by atoms with Gasteiger partial charge in [0, 0.05) is 18.2 Å². The zero-order valence-electron chi connectivity index (χ0n) is 15.9. The van der Waals surface area contributed by atoms with Gasteiger partial charge in [0.2, 0.25) is 0 Å². The van der Waals surface area contributed by atoms with Gasteiger partial charge in [-0.05, 0) is 28.1 Å². The number of fused-ring (bicyclic) bond motifs is 1. The number of tetrazole rings is 1. The molecule has 1 aliphatic heterocycles. The van der Waals surface area contributed by atoms with Crippen LogP contribution < -0.4 is 14.8 Å². The lowest BCUT2D eigenvalue weighted by molar-refractivity contribution is -0.151. The molecule has 10 nitrogen and oxygen atoms in total. The van der Waals surface area contributed by atoms with Crippen LogP contribution in [0.1, 0.15) is 11.6 Å². The van der Waals surface area contributed by atoms with Gasteiger partial charge < -0.3 is 19.5 Å². The molecule has 10 heteroatoms. The van der Waals surface area contributed by atoms with Gasteiger partial charge >= 0.3 is 5.97 Å². The number of amides is 1. The second-order valence-electron chi connectivity index (χ2n) is 6.51. The van der Waals surface area contributed by atoms with Crippen LogP contribution in [-0.2, 0) is 20.7 Å². The molecule has 1 atom stereocenters. The van der Waals surface area contributed by atoms with Crippen molar-refractivity contribution in [3.63, 3.8) is 0 Å². The average Bonchev–Trinajstić information content (AvgIpc) is 3.31. The quantitative estimate of drug-likeness (QED) is 0.582. The van der Waals surface area contributed by atoms with Crippen LogP contribution >= 0.6 is 0 Å². The minimum atomic E-state index is -0.788. The van der Waals surface area contributed by atoms with Crippen LogP contribution in [0.3, 0.4) is 0 Å². The Morgan fingerprint density at radius 3 is 2.67 bits per heavy atom. The molecule has 2 aromatic carbocycles. The summed E-state index contributed by atoms with van der Waals surface area (Å²) in [6, 6.07) is 13.7. The molecule has 30 heavy (non-hydrogen) atoms. The molecule has 0 bridgehead atoms. The van der Waals surface area contributed by atoms with Crippen molar-refractivity contribution in [1.82, 2.24) is 20.2 Å². The number of nitrogens with zero attached hydrogens (tertiary/aromatic N) is 4. The number of esters is 1. The van der Waals surface area contributed by atoms with Gasteiger partial charge in [0.25, 0.3) is 5.91 Å². The van der Waals surface area contributed by atoms with Gasteiger partial charge in [-0.25, -0.2) is 9.48 Å². The van der Waals surface area contributed by atoms with Crippen LogP contribution in [0.25, 0.3) is 0 Å². The molecule has 0 spiro atoms. The van der Waals surface area contributed by atoms with E-state index in [1.807, 2.05) is 30.3 Å². The lowest BCUT2D eigenvalue weighted by Gasteiger charge is -2.19. The van der Waals surface area contributed by atoms with Gasteiger partial charge in [-0.1, -0.05) is 30.3 Å². The molecule has 0 fully saturated rings. The third-order valence-electron chi connectivity index (χ3n) is 4.40. The Hall–Kier alpha value is -3.95. The molecule has 3 aromatic rings. The summed E-state index contributed by atoms with van der Waals surface area (Å²) in [5, 5.41) is 13.6. The number of ether oxygens (including phenoxy) is 3.